The van der Waals surface area contributed by atoms with Gasteiger partial charge in [0.15, 0.2) is 0 Å². The Hall–Kier alpha value is -0.690. The molecule has 0 atom stereocenters. The molecule has 1 radical (unpaired) electrons. The lowest BCUT2D eigenvalue weighted by Gasteiger charge is -2.13. The van der Waals surface area contributed by atoms with Crippen molar-refractivity contribution in [2.24, 2.45) is 0 Å². The lowest BCUT2D eigenvalue weighted by atomic mass is 10.0. The first-order valence-corrected chi connectivity index (χ1v) is 4.76. The Morgan fingerprint density at radius 2 is 2.08 bits per heavy atom. The fourth-order valence-electron chi connectivity index (χ4n) is 1.19. The predicted molar refractivity (Wildman–Crippen MR) is 56.3 cm³/mol. The topological polar surface area (TPSA) is 9.23 Å². The zero-order valence-corrected chi connectivity index (χ0v) is 8.98. The number of para-hydroxylation sites is 1. The van der Waals surface area contributed by atoms with Gasteiger partial charge >= 0.3 is 0 Å². The van der Waals surface area contributed by atoms with Crippen molar-refractivity contribution in [2.75, 3.05) is 6.61 Å². The number of hydrogen-bond donors (Lipinski definition) is 0. The number of ether oxygens (including phenoxy) is 1. The van der Waals surface area contributed by atoms with Gasteiger partial charge in [0.05, 0.1) is 11.6 Å². The van der Waals surface area contributed by atoms with Crippen LogP contribution in [0.1, 0.15) is 26.3 Å². The summed E-state index contributed by atoms with van der Waals surface area (Å²) in [4.78, 5) is 0. The summed E-state index contributed by atoms with van der Waals surface area (Å²) >= 11 is 6.01. The zero-order chi connectivity index (χ0) is 9.84. The molecule has 0 amide bonds. The van der Waals surface area contributed by atoms with E-state index in [1.807, 2.05) is 39.0 Å². The van der Waals surface area contributed by atoms with Crippen LogP contribution in [0.5, 0.6) is 5.75 Å². The molecule has 0 spiro atoms. The summed E-state index contributed by atoms with van der Waals surface area (Å²) in [5, 5.41) is 0.681. The molecular formula is C11H14ClO. The highest BCUT2D eigenvalue weighted by Crippen LogP contribution is 2.32. The van der Waals surface area contributed by atoms with Gasteiger partial charge in [0.25, 0.3) is 0 Å². The maximum Gasteiger partial charge on any atom is 0.141 e. The largest absolute Gasteiger partial charge is 0.492 e. The molecule has 1 aromatic carbocycles. The molecule has 0 bridgehead atoms. The molecule has 1 nitrogen and oxygen atoms in total. The second kappa shape index (κ2) is 4.52. The summed E-state index contributed by atoms with van der Waals surface area (Å²) in [7, 11) is 0. The third kappa shape index (κ3) is 2.38. The van der Waals surface area contributed by atoms with Crippen molar-refractivity contribution < 1.29 is 4.74 Å². The minimum Gasteiger partial charge on any atom is -0.492 e. The first-order chi connectivity index (χ1) is 6.16. The van der Waals surface area contributed by atoms with E-state index in [0.29, 0.717) is 11.6 Å². The third-order valence-electron chi connectivity index (χ3n) is 1.79. The molecule has 0 aliphatic heterocycles. The van der Waals surface area contributed by atoms with Crippen LogP contribution in [0.2, 0.25) is 5.02 Å². The summed E-state index contributed by atoms with van der Waals surface area (Å²) in [5.74, 6) is 2.01. The Morgan fingerprint density at radius 1 is 1.38 bits per heavy atom. The molecule has 0 saturated carbocycles. The Bertz CT molecular complexity index is 281. The Labute approximate surface area is 84.7 Å². The van der Waals surface area contributed by atoms with Gasteiger partial charge < -0.3 is 4.74 Å². The van der Waals surface area contributed by atoms with Crippen molar-refractivity contribution >= 4 is 11.6 Å². The molecule has 0 aliphatic carbocycles. The molecular weight excluding hydrogens is 184 g/mol. The average molecular weight is 198 g/mol. The standard InChI is InChI=1S/C11H14ClO/c1-4-13-11-9(8(2)3)6-5-7-10(11)12/h5-7H,4H2,1-3H3. The van der Waals surface area contributed by atoms with Crippen LogP contribution in [0.3, 0.4) is 0 Å². The molecule has 71 valence electrons. The van der Waals surface area contributed by atoms with Crippen LogP contribution in [-0.4, -0.2) is 6.61 Å². The number of benzene rings is 1. The third-order valence-corrected chi connectivity index (χ3v) is 2.09. The first kappa shape index (κ1) is 10.4. The zero-order valence-electron chi connectivity index (χ0n) is 8.23. The normalized spacial score (nSPS) is 10.5. The SMILES string of the molecule is CCOc1c(Cl)cccc1[C](C)C. The quantitative estimate of drug-likeness (QED) is 0.718. The van der Waals surface area contributed by atoms with Crippen molar-refractivity contribution in [1.29, 1.82) is 0 Å². The van der Waals surface area contributed by atoms with E-state index in [1.54, 1.807) is 0 Å². The van der Waals surface area contributed by atoms with E-state index >= 15 is 0 Å². The lowest BCUT2D eigenvalue weighted by molar-refractivity contribution is 0.338. The highest BCUT2D eigenvalue weighted by molar-refractivity contribution is 6.32. The molecule has 0 unspecified atom stereocenters. The van der Waals surface area contributed by atoms with Gasteiger partial charge in [-0.1, -0.05) is 37.6 Å². The van der Waals surface area contributed by atoms with E-state index in [4.69, 9.17) is 16.3 Å². The summed E-state index contributed by atoms with van der Waals surface area (Å²) in [6, 6.07) is 5.80. The van der Waals surface area contributed by atoms with E-state index in [9.17, 15) is 0 Å². The minimum atomic E-state index is 0.643. The Kier molecular flexibility index (Phi) is 3.61. The summed E-state index contributed by atoms with van der Waals surface area (Å²) in [5.41, 5.74) is 1.09. The molecule has 1 aromatic rings. The van der Waals surface area contributed by atoms with Gasteiger partial charge in [0.1, 0.15) is 5.75 Å². The van der Waals surface area contributed by atoms with Gasteiger partial charge in [-0.05, 0) is 13.0 Å². The maximum absolute atomic E-state index is 6.01. The molecule has 2 heteroatoms. The summed E-state index contributed by atoms with van der Waals surface area (Å²) in [6.45, 7) is 6.70. The van der Waals surface area contributed by atoms with Crippen LogP contribution in [0.15, 0.2) is 18.2 Å². The Morgan fingerprint density at radius 3 is 2.62 bits per heavy atom. The summed E-state index contributed by atoms with van der Waals surface area (Å²) in [6.07, 6.45) is 0. The van der Waals surface area contributed by atoms with Crippen LogP contribution in [0, 0.1) is 5.92 Å². The van der Waals surface area contributed by atoms with Gasteiger partial charge in [-0.25, -0.2) is 0 Å². The minimum absolute atomic E-state index is 0.643. The van der Waals surface area contributed by atoms with Gasteiger partial charge in [-0.2, -0.15) is 0 Å². The van der Waals surface area contributed by atoms with E-state index in [-0.39, 0.29) is 0 Å². The van der Waals surface area contributed by atoms with Gasteiger partial charge in [0.2, 0.25) is 0 Å². The maximum atomic E-state index is 6.01. The molecule has 13 heavy (non-hydrogen) atoms. The number of halogens is 1. The fourth-order valence-corrected chi connectivity index (χ4v) is 1.42. The first-order valence-electron chi connectivity index (χ1n) is 4.38. The van der Waals surface area contributed by atoms with E-state index < -0.39 is 0 Å². The van der Waals surface area contributed by atoms with Crippen LogP contribution in [0.4, 0.5) is 0 Å². The van der Waals surface area contributed by atoms with Crippen LogP contribution in [-0.2, 0) is 0 Å². The smallest absolute Gasteiger partial charge is 0.141 e. The molecule has 0 fully saturated rings. The van der Waals surface area contributed by atoms with Gasteiger partial charge in [-0.15, -0.1) is 0 Å². The summed E-state index contributed by atoms with van der Waals surface area (Å²) < 4.78 is 5.48. The van der Waals surface area contributed by atoms with Gasteiger partial charge in [0, 0.05) is 11.5 Å². The van der Waals surface area contributed by atoms with Crippen molar-refractivity contribution in [1.82, 2.24) is 0 Å². The molecule has 0 N–H and O–H groups in total. The monoisotopic (exact) mass is 197 g/mol. The van der Waals surface area contributed by atoms with E-state index in [2.05, 4.69) is 0 Å². The van der Waals surface area contributed by atoms with Crippen LogP contribution in [0.25, 0.3) is 0 Å². The van der Waals surface area contributed by atoms with Crippen molar-refractivity contribution in [2.45, 2.75) is 20.8 Å². The van der Waals surface area contributed by atoms with Crippen molar-refractivity contribution in [3.63, 3.8) is 0 Å². The fraction of sp³-hybridized carbons (Fsp3) is 0.364. The molecule has 1 rings (SSSR count). The Balaban J connectivity index is 3.09. The van der Waals surface area contributed by atoms with Crippen LogP contribution < -0.4 is 4.74 Å². The number of hydrogen-bond acceptors (Lipinski definition) is 1. The molecule has 0 aromatic heterocycles. The lowest BCUT2D eigenvalue weighted by Crippen LogP contribution is -1.99. The van der Waals surface area contributed by atoms with Crippen molar-refractivity contribution in [3.05, 3.63) is 34.7 Å². The van der Waals surface area contributed by atoms with E-state index in [1.165, 1.54) is 5.92 Å². The van der Waals surface area contributed by atoms with E-state index in [0.717, 1.165) is 11.3 Å². The molecule has 0 aliphatic rings. The highest BCUT2D eigenvalue weighted by Gasteiger charge is 2.10. The second-order valence-corrected chi connectivity index (χ2v) is 3.46. The number of rotatable bonds is 3. The van der Waals surface area contributed by atoms with Crippen LogP contribution >= 0.6 is 11.6 Å². The predicted octanol–water partition coefficient (Wildman–Crippen LogP) is 3.70. The highest BCUT2D eigenvalue weighted by atomic mass is 35.5. The molecule has 0 heterocycles. The van der Waals surface area contributed by atoms with Gasteiger partial charge in [-0.3, -0.25) is 0 Å². The second-order valence-electron chi connectivity index (χ2n) is 3.05. The van der Waals surface area contributed by atoms with Crippen molar-refractivity contribution in [3.8, 4) is 5.75 Å². The molecule has 0 saturated heterocycles. The average Bonchev–Trinajstić information content (AvgIpc) is 2.08.